The minimum absolute atomic E-state index is 0.0222. The van der Waals surface area contributed by atoms with Crippen molar-refractivity contribution < 1.29 is 13.3 Å². The molecule has 0 aromatic heterocycles. The highest BCUT2D eigenvalue weighted by molar-refractivity contribution is 7.86. The molecule has 0 bridgehead atoms. The summed E-state index contributed by atoms with van der Waals surface area (Å²) in [5.74, 6) is 0. The molecule has 0 aromatic carbocycles. The van der Waals surface area contributed by atoms with E-state index in [1.165, 1.54) is 14.1 Å². The first-order valence-electron chi connectivity index (χ1n) is 4.58. The van der Waals surface area contributed by atoms with Gasteiger partial charge in [0.1, 0.15) is 0 Å². The van der Waals surface area contributed by atoms with E-state index in [-0.39, 0.29) is 6.10 Å². The molecule has 0 unspecified atom stereocenters. The molecule has 0 aliphatic carbocycles. The third kappa shape index (κ3) is 3.50. The van der Waals surface area contributed by atoms with Crippen molar-refractivity contribution in [2.75, 3.05) is 27.2 Å². The standard InChI is InChI=1S/C7H17N3O3S/c1-10(2)14(11,12)9-13-7-3-5-8-6-4-7/h7-9H,3-6H2,1-2H3. The van der Waals surface area contributed by atoms with Gasteiger partial charge in [-0.05, 0) is 25.9 Å². The Hall–Kier alpha value is -0.210. The lowest BCUT2D eigenvalue weighted by atomic mass is 10.1. The average molecular weight is 223 g/mol. The van der Waals surface area contributed by atoms with Crippen molar-refractivity contribution >= 4 is 10.2 Å². The number of nitrogens with one attached hydrogen (secondary N) is 2. The molecule has 1 aliphatic heterocycles. The first kappa shape index (κ1) is 11.9. The van der Waals surface area contributed by atoms with Gasteiger partial charge >= 0.3 is 10.2 Å². The molecule has 2 N–H and O–H groups in total. The van der Waals surface area contributed by atoms with E-state index in [1.54, 1.807) is 0 Å². The molecular weight excluding hydrogens is 206 g/mol. The van der Waals surface area contributed by atoms with Gasteiger partial charge in [-0.3, -0.25) is 4.84 Å². The second kappa shape index (κ2) is 5.04. The molecule has 1 fully saturated rings. The Bertz CT molecular complexity index is 259. The van der Waals surface area contributed by atoms with E-state index in [1.807, 2.05) is 0 Å². The zero-order valence-electron chi connectivity index (χ0n) is 8.49. The molecule has 1 rings (SSSR count). The molecule has 0 amide bonds. The van der Waals surface area contributed by atoms with Crippen LogP contribution in [0.1, 0.15) is 12.8 Å². The smallest absolute Gasteiger partial charge is 0.301 e. The lowest BCUT2D eigenvalue weighted by Crippen LogP contribution is -2.41. The van der Waals surface area contributed by atoms with Gasteiger partial charge in [-0.1, -0.05) is 4.89 Å². The summed E-state index contributed by atoms with van der Waals surface area (Å²) in [5.41, 5.74) is 0. The molecule has 0 radical (unpaired) electrons. The van der Waals surface area contributed by atoms with Crippen LogP contribution in [0, 0.1) is 0 Å². The first-order valence-corrected chi connectivity index (χ1v) is 6.02. The van der Waals surface area contributed by atoms with Crippen LogP contribution in [0.2, 0.25) is 0 Å². The van der Waals surface area contributed by atoms with Crippen molar-refractivity contribution in [1.82, 2.24) is 14.5 Å². The number of rotatable bonds is 4. The quantitative estimate of drug-likeness (QED) is 0.604. The van der Waals surface area contributed by atoms with Crippen molar-refractivity contribution in [2.45, 2.75) is 18.9 Å². The Kier molecular flexibility index (Phi) is 4.27. The monoisotopic (exact) mass is 223 g/mol. The molecule has 0 atom stereocenters. The molecule has 1 aliphatic rings. The summed E-state index contributed by atoms with van der Waals surface area (Å²) >= 11 is 0. The Morgan fingerprint density at radius 1 is 1.36 bits per heavy atom. The van der Waals surface area contributed by atoms with Gasteiger partial charge in [0.05, 0.1) is 6.10 Å². The lowest BCUT2D eigenvalue weighted by Gasteiger charge is -2.23. The maximum atomic E-state index is 11.2. The molecule has 84 valence electrons. The van der Waals surface area contributed by atoms with Crippen LogP contribution in [0.15, 0.2) is 0 Å². The van der Waals surface area contributed by atoms with Gasteiger partial charge < -0.3 is 5.32 Å². The van der Waals surface area contributed by atoms with Crippen LogP contribution >= 0.6 is 0 Å². The van der Waals surface area contributed by atoms with Gasteiger partial charge in [0.25, 0.3) is 0 Å². The Labute approximate surface area is 84.7 Å². The molecule has 0 saturated carbocycles. The molecule has 14 heavy (non-hydrogen) atoms. The highest BCUT2D eigenvalue weighted by Crippen LogP contribution is 2.06. The summed E-state index contributed by atoms with van der Waals surface area (Å²) in [6.45, 7) is 1.74. The Morgan fingerprint density at radius 3 is 2.43 bits per heavy atom. The van der Waals surface area contributed by atoms with E-state index in [0.29, 0.717) is 0 Å². The van der Waals surface area contributed by atoms with Gasteiger partial charge in [-0.25, -0.2) is 0 Å². The molecule has 0 aromatic rings. The fourth-order valence-electron chi connectivity index (χ4n) is 1.12. The summed E-state index contributed by atoms with van der Waals surface area (Å²) in [5, 5.41) is 3.17. The summed E-state index contributed by atoms with van der Waals surface area (Å²) in [6, 6.07) is 0. The van der Waals surface area contributed by atoms with E-state index < -0.39 is 10.2 Å². The van der Waals surface area contributed by atoms with Crippen LogP contribution < -0.4 is 10.2 Å². The SMILES string of the molecule is CN(C)S(=O)(=O)NOC1CCNCC1. The zero-order valence-corrected chi connectivity index (χ0v) is 9.30. The van der Waals surface area contributed by atoms with Gasteiger partial charge in [0.15, 0.2) is 0 Å². The van der Waals surface area contributed by atoms with Crippen molar-refractivity contribution in [3.63, 3.8) is 0 Å². The number of nitrogens with zero attached hydrogens (tertiary/aromatic N) is 1. The fraction of sp³-hybridized carbons (Fsp3) is 1.00. The van der Waals surface area contributed by atoms with E-state index >= 15 is 0 Å². The molecule has 6 nitrogen and oxygen atoms in total. The van der Waals surface area contributed by atoms with Crippen LogP contribution in [0.3, 0.4) is 0 Å². The largest absolute Gasteiger partial charge is 0.317 e. The van der Waals surface area contributed by atoms with Crippen molar-refractivity contribution in [2.24, 2.45) is 0 Å². The minimum atomic E-state index is -3.46. The normalized spacial score (nSPS) is 20.2. The molecule has 7 heteroatoms. The lowest BCUT2D eigenvalue weighted by molar-refractivity contribution is -0.00193. The highest BCUT2D eigenvalue weighted by Gasteiger charge is 2.18. The Balaban J connectivity index is 2.32. The predicted molar refractivity (Wildman–Crippen MR) is 52.7 cm³/mol. The molecule has 0 spiro atoms. The highest BCUT2D eigenvalue weighted by atomic mass is 32.2. The van der Waals surface area contributed by atoms with Crippen molar-refractivity contribution in [3.05, 3.63) is 0 Å². The molecule has 1 saturated heterocycles. The minimum Gasteiger partial charge on any atom is -0.317 e. The summed E-state index contributed by atoms with van der Waals surface area (Å²) in [7, 11) is -0.552. The molecule has 1 heterocycles. The topological polar surface area (TPSA) is 70.7 Å². The predicted octanol–water partition coefficient (Wildman–Crippen LogP) is -0.934. The van der Waals surface area contributed by atoms with E-state index in [4.69, 9.17) is 4.84 Å². The van der Waals surface area contributed by atoms with Gasteiger partial charge in [-0.2, -0.15) is 12.7 Å². The van der Waals surface area contributed by atoms with E-state index in [2.05, 4.69) is 10.2 Å². The maximum Gasteiger partial charge on any atom is 0.301 e. The van der Waals surface area contributed by atoms with Gasteiger partial charge in [0.2, 0.25) is 0 Å². The van der Waals surface area contributed by atoms with Crippen LogP contribution in [0.5, 0.6) is 0 Å². The number of hydrogen-bond acceptors (Lipinski definition) is 4. The number of piperidine rings is 1. The molecular formula is C7H17N3O3S. The van der Waals surface area contributed by atoms with Gasteiger partial charge in [0, 0.05) is 14.1 Å². The maximum absolute atomic E-state index is 11.2. The Morgan fingerprint density at radius 2 is 1.93 bits per heavy atom. The van der Waals surface area contributed by atoms with Crippen molar-refractivity contribution in [3.8, 4) is 0 Å². The van der Waals surface area contributed by atoms with Crippen LogP contribution in [-0.2, 0) is 15.0 Å². The summed E-state index contributed by atoms with van der Waals surface area (Å²) in [4.78, 5) is 7.19. The van der Waals surface area contributed by atoms with Crippen LogP contribution in [0.4, 0.5) is 0 Å². The summed E-state index contributed by atoms with van der Waals surface area (Å²) in [6.07, 6.45) is 1.64. The van der Waals surface area contributed by atoms with Crippen molar-refractivity contribution in [1.29, 1.82) is 0 Å². The second-order valence-electron chi connectivity index (χ2n) is 3.44. The number of hydrogen-bond donors (Lipinski definition) is 2. The third-order valence-electron chi connectivity index (χ3n) is 2.09. The average Bonchev–Trinajstić information content (AvgIpc) is 2.16. The zero-order chi connectivity index (χ0) is 10.6. The van der Waals surface area contributed by atoms with E-state index in [0.717, 1.165) is 30.2 Å². The van der Waals surface area contributed by atoms with Crippen LogP contribution in [0.25, 0.3) is 0 Å². The first-order chi connectivity index (χ1) is 6.52. The van der Waals surface area contributed by atoms with Crippen LogP contribution in [-0.4, -0.2) is 46.0 Å². The third-order valence-corrected chi connectivity index (χ3v) is 3.36. The van der Waals surface area contributed by atoms with Gasteiger partial charge in [-0.15, -0.1) is 0 Å². The summed E-state index contributed by atoms with van der Waals surface area (Å²) < 4.78 is 23.6. The van der Waals surface area contributed by atoms with E-state index in [9.17, 15) is 8.42 Å². The fourth-order valence-corrected chi connectivity index (χ4v) is 1.52. The second-order valence-corrected chi connectivity index (χ2v) is 5.29.